The summed E-state index contributed by atoms with van der Waals surface area (Å²) < 4.78 is 15.7. The number of anilines is 1. The van der Waals surface area contributed by atoms with E-state index >= 15 is 0 Å². The number of halogens is 1. The van der Waals surface area contributed by atoms with Crippen LogP contribution in [0, 0.1) is 5.82 Å². The zero-order chi connectivity index (χ0) is 18.3. The van der Waals surface area contributed by atoms with Gasteiger partial charge in [-0.25, -0.2) is 14.2 Å². The minimum absolute atomic E-state index is 0.172. The lowest BCUT2D eigenvalue weighted by Crippen LogP contribution is -2.25. The third kappa shape index (κ3) is 2.63. The topological polar surface area (TPSA) is 84.2 Å². The Morgan fingerprint density at radius 1 is 1.19 bits per heavy atom. The highest BCUT2D eigenvalue weighted by molar-refractivity contribution is 5.94. The molecule has 2 aromatic carbocycles. The van der Waals surface area contributed by atoms with Crippen LogP contribution in [0.4, 0.5) is 10.2 Å². The zero-order valence-corrected chi connectivity index (χ0v) is 13.5. The number of benzene rings is 2. The maximum atomic E-state index is 14.1. The number of nitrogens with one attached hydrogen (secondary N) is 1. The van der Waals surface area contributed by atoms with Gasteiger partial charge in [-0.1, -0.05) is 24.3 Å². The van der Waals surface area contributed by atoms with E-state index in [0.29, 0.717) is 17.2 Å². The predicted molar refractivity (Wildman–Crippen MR) is 92.0 cm³/mol. The van der Waals surface area contributed by atoms with Crippen LogP contribution in [0.25, 0.3) is 5.69 Å². The molecule has 130 valence electrons. The van der Waals surface area contributed by atoms with Crippen LogP contribution in [-0.4, -0.2) is 26.5 Å². The lowest BCUT2D eigenvalue weighted by Gasteiger charge is -2.23. The third-order valence-corrected chi connectivity index (χ3v) is 4.45. The van der Waals surface area contributed by atoms with Gasteiger partial charge < -0.3 is 10.4 Å². The van der Waals surface area contributed by atoms with E-state index in [1.165, 1.54) is 29.1 Å². The molecule has 0 aliphatic carbocycles. The number of rotatable bonds is 3. The summed E-state index contributed by atoms with van der Waals surface area (Å²) >= 11 is 0. The minimum Gasteiger partial charge on any atom is -0.478 e. The van der Waals surface area contributed by atoms with Gasteiger partial charge in [0, 0.05) is 12.3 Å². The smallest absolute Gasteiger partial charge is 0.335 e. The highest BCUT2D eigenvalue weighted by Crippen LogP contribution is 2.37. The highest BCUT2D eigenvalue weighted by Gasteiger charge is 2.31. The molecule has 1 amide bonds. The molecule has 6 nitrogen and oxygen atoms in total. The van der Waals surface area contributed by atoms with Gasteiger partial charge in [-0.05, 0) is 29.8 Å². The van der Waals surface area contributed by atoms with Gasteiger partial charge in [-0.15, -0.1) is 0 Å². The predicted octanol–water partition coefficient (Wildman–Crippen LogP) is 3.18. The summed E-state index contributed by atoms with van der Waals surface area (Å²) in [7, 11) is 0. The summed E-state index contributed by atoms with van der Waals surface area (Å²) in [4.78, 5) is 27.6. The van der Waals surface area contributed by atoms with Crippen LogP contribution in [0.5, 0.6) is 0 Å². The van der Waals surface area contributed by atoms with Crippen molar-refractivity contribution < 1.29 is 19.1 Å². The number of imidazole rings is 1. The van der Waals surface area contributed by atoms with Gasteiger partial charge in [0.05, 0.1) is 16.9 Å². The van der Waals surface area contributed by atoms with E-state index in [-0.39, 0.29) is 23.8 Å². The van der Waals surface area contributed by atoms with E-state index in [1.54, 1.807) is 30.3 Å². The van der Waals surface area contributed by atoms with Crippen molar-refractivity contribution >= 4 is 17.7 Å². The van der Waals surface area contributed by atoms with Crippen molar-refractivity contribution in [2.75, 3.05) is 5.32 Å². The first-order valence-corrected chi connectivity index (χ1v) is 8.00. The number of hydrogen-bond donors (Lipinski definition) is 2. The van der Waals surface area contributed by atoms with Crippen molar-refractivity contribution in [3.8, 4) is 5.69 Å². The summed E-state index contributed by atoms with van der Waals surface area (Å²) in [5, 5.41) is 11.8. The maximum Gasteiger partial charge on any atom is 0.335 e. The van der Waals surface area contributed by atoms with Crippen molar-refractivity contribution in [1.29, 1.82) is 0 Å². The van der Waals surface area contributed by atoms with E-state index in [2.05, 4.69) is 10.3 Å². The van der Waals surface area contributed by atoms with E-state index in [0.717, 1.165) is 5.56 Å². The van der Waals surface area contributed by atoms with E-state index in [1.807, 2.05) is 0 Å². The van der Waals surface area contributed by atoms with Crippen molar-refractivity contribution in [2.24, 2.45) is 0 Å². The average Bonchev–Trinajstić information content (AvgIpc) is 3.05. The zero-order valence-electron chi connectivity index (χ0n) is 13.5. The normalized spacial score (nSPS) is 16.0. The average molecular weight is 351 g/mol. The molecule has 1 aliphatic rings. The van der Waals surface area contributed by atoms with Crippen molar-refractivity contribution in [1.82, 2.24) is 9.55 Å². The minimum atomic E-state index is -1.01. The second-order valence-electron chi connectivity index (χ2n) is 6.03. The van der Waals surface area contributed by atoms with Gasteiger partial charge in [-0.3, -0.25) is 9.36 Å². The molecule has 0 bridgehead atoms. The molecule has 0 spiro atoms. The molecule has 26 heavy (non-hydrogen) atoms. The van der Waals surface area contributed by atoms with Gasteiger partial charge in [-0.2, -0.15) is 0 Å². The number of carbonyl (C=O) groups excluding carboxylic acids is 1. The Morgan fingerprint density at radius 2 is 1.92 bits per heavy atom. The summed E-state index contributed by atoms with van der Waals surface area (Å²) in [5.41, 5.74) is 1.87. The van der Waals surface area contributed by atoms with Crippen LogP contribution < -0.4 is 5.32 Å². The fraction of sp³-hybridized carbons (Fsp3) is 0.105. The van der Waals surface area contributed by atoms with Crippen LogP contribution >= 0.6 is 0 Å². The number of hydrogen-bond acceptors (Lipinski definition) is 3. The van der Waals surface area contributed by atoms with Crippen LogP contribution in [0.3, 0.4) is 0 Å². The first-order chi connectivity index (χ1) is 12.5. The molecule has 0 saturated carbocycles. The number of carboxylic acids is 1. The summed E-state index contributed by atoms with van der Waals surface area (Å²) in [6, 6.07) is 12.6. The monoisotopic (exact) mass is 351 g/mol. The highest BCUT2D eigenvalue weighted by atomic mass is 19.1. The van der Waals surface area contributed by atoms with Gasteiger partial charge in [0.15, 0.2) is 0 Å². The molecule has 0 fully saturated rings. The number of carbonyl (C=O) groups is 2. The summed E-state index contributed by atoms with van der Waals surface area (Å²) in [5.74, 6) is -1.53. The number of fused-ring (bicyclic) bond motifs is 1. The molecular weight excluding hydrogens is 337 g/mol. The van der Waals surface area contributed by atoms with Gasteiger partial charge >= 0.3 is 5.97 Å². The molecule has 0 unspecified atom stereocenters. The molecule has 4 rings (SSSR count). The molecule has 7 heteroatoms. The van der Waals surface area contributed by atoms with Crippen molar-refractivity contribution in [3.05, 3.63) is 77.5 Å². The number of aromatic nitrogens is 2. The third-order valence-electron chi connectivity index (χ3n) is 4.45. The molecule has 1 aromatic heterocycles. The lowest BCUT2D eigenvalue weighted by molar-refractivity contribution is -0.116. The largest absolute Gasteiger partial charge is 0.478 e. The summed E-state index contributed by atoms with van der Waals surface area (Å²) in [6.07, 6.45) is 1.67. The fourth-order valence-corrected chi connectivity index (χ4v) is 3.17. The number of carboxylic acid groups (broad SMARTS) is 1. The molecular formula is C19H14FN3O3. The Bertz CT molecular complexity index is 1010. The fourth-order valence-electron chi connectivity index (χ4n) is 3.17. The second-order valence-corrected chi connectivity index (χ2v) is 6.03. The van der Waals surface area contributed by atoms with Gasteiger partial charge in [0.25, 0.3) is 0 Å². The first kappa shape index (κ1) is 16.0. The quantitative estimate of drug-likeness (QED) is 0.759. The Hall–Kier alpha value is -3.48. The van der Waals surface area contributed by atoms with Crippen LogP contribution in [0.15, 0.2) is 54.9 Å². The molecule has 0 saturated heterocycles. The Morgan fingerprint density at radius 3 is 2.62 bits per heavy atom. The number of aromatic carboxylic acids is 1. The molecule has 2 N–H and O–H groups in total. The van der Waals surface area contributed by atoms with Crippen LogP contribution in [-0.2, 0) is 4.79 Å². The maximum absolute atomic E-state index is 14.1. The Kier molecular flexibility index (Phi) is 3.76. The van der Waals surface area contributed by atoms with Crippen LogP contribution in [0.2, 0.25) is 0 Å². The summed E-state index contributed by atoms with van der Waals surface area (Å²) in [6.45, 7) is 0. The lowest BCUT2D eigenvalue weighted by atomic mass is 9.89. The number of amides is 1. The molecule has 0 radical (unpaired) electrons. The van der Waals surface area contributed by atoms with E-state index < -0.39 is 11.8 Å². The standard InChI is InChI=1S/C19H14FN3O3/c20-14-3-1-2-4-15(14)23-10-21-17-13(9-16(24)22-18(17)23)11-5-7-12(8-6-11)19(25)26/h1-8,10,13H,9H2,(H,22,24)(H,25,26)/t13-/m1/s1. The molecule has 2 heterocycles. The van der Waals surface area contributed by atoms with Crippen molar-refractivity contribution in [3.63, 3.8) is 0 Å². The number of para-hydroxylation sites is 1. The first-order valence-electron chi connectivity index (χ1n) is 8.00. The van der Waals surface area contributed by atoms with Gasteiger partial charge in [0.2, 0.25) is 5.91 Å². The van der Waals surface area contributed by atoms with Gasteiger partial charge in [0.1, 0.15) is 18.0 Å². The molecule has 1 aliphatic heterocycles. The van der Waals surface area contributed by atoms with E-state index in [9.17, 15) is 14.0 Å². The Labute approximate surface area is 147 Å². The SMILES string of the molecule is O=C1C[C@H](c2ccc(C(=O)O)cc2)c2ncn(-c3ccccc3F)c2N1. The number of nitrogens with zero attached hydrogens (tertiary/aromatic N) is 2. The molecule has 1 atom stereocenters. The van der Waals surface area contributed by atoms with Crippen LogP contribution in [0.1, 0.15) is 34.0 Å². The van der Waals surface area contributed by atoms with E-state index in [4.69, 9.17) is 5.11 Å². The Balaban J connectivity index is 1.79. The van der Waals surface area contributed by atoms with Crippen molar-refractivity contribution in [2.45, 2.75) is 12.3 Å². The molecule has 3 aromatic rings. The second kappa shape index (κ2) is 6.11.